The zero-order valence-electron chi connectivity index (χ0n) is 10.6. The highest BCUT2D eigenvalue weighted by atomic mass is 32.1. The first kappa shape index (κ1) is 16.0. The van der Waals surface area contributed by atoms with Gasteiger partial charge in [-0.05, 0) is 24.1 Å². The number of carbonyl (C=O) groups excluding carboxylic acids is 1. The van der Waals surface area contributed by atoms with Crippen molar-refractivity contribution in [2.75, 3.05) is 5.75 Å². The predicted molar refractivity (Wildman–Crippen MR) is 75.2 cm³/mol. The molecule has 0 spiro atoms. The van der Waals surface area contributed by atoms with Crippen LogP contribution in [0.4, 0.5) is 4.39 Å². The van der Waals surface area contributed by atoms with Crippen LogP contribution in [0.25, 0.3) is 0 Å². The highest BCUT2D eigenvalue weighted by Gasteiger charge is 2.26. The number of rotatable bonds is 6. The molecule has 0 aromatic heterocycles. The minimum atomic E-state index is -1.68. The molecular formula is C12H17BFNO3S. The summed E-state index contributed by atoms with van der Waals surface area (Å²) in [7, 11) is -1.68. The highest BCUT2D eigenvalue weighted by Crippen LogP contribution is 2.08. The van der Waals surface area contributed by atoms with E-state index in [1.54, 1.807) is 19.1 Å². The second-order valence-electron chi connectivity index (χ2n) is 4.44. The van der Waals surface area contributed by atoms with Gasteiger partial charge in [-0.3, -0.25) is 4.79 Å². The van der Waals surface area contributed by atoms with Crippen LogP contribution in [0.1, 0.15) is 12.5 Å². The summed E-state index contributed by atoms with van der Waals surface area (Å²) in [5.74, 6) is -1.44. The molecule has 0 saturated carbocycles. The topological polar surface area (TPSA) is 69.6 Å². The Morgan fingerprint density at radius 2 is 2.00 bits per heavy atom. The monoisotopic (exact) mass is 285 g/mol. The molecule has 0 saturated heterocycles. The van der Waals surface area contributed by atoms with Crippen LogP contribution in [0.3, 0.4) is 0 Å². The van der Waals surface area contributed by atoms with Crippen LogP contribution in [-0.4, -0.2) is 34.8 Å². The Hall–Kier alpha value is -1.05. The average Bonchev–Trinajstić information content (AvgIpc) is 2.39. The number of nitrogens with one attached hydrogen (secondary N) is 1. The van der Waals surface area contributed by atoms with Crippen LogP contribution in [0.15, 0.2) is 24.3 Å². The first-order chi connectivity index (χ1) is 8.93. The Balaban J connectivity index is 2.68. The van der Waals surface area contributed by atoms with Crippen molar-refractivity contribution >= 4 is 25.7 Å². The molecule has 4 nitrogen and oxygen atoms in total. The van der Waals surface area contributed by atoms with E-state index in [1.807, 2.05) is 0 Å². The smallest absolute Gasteiger partial charge is 0.426 e. The maximum absolute atomic E-state index is 12.8. The van der Waals surface area contributed by atoms with Gasteiger partial charge in [0.25, 0.3) is 0 Å². The van der Waals surface area contributed by atoms with Gasteiger partial charge < -0.3 is 15.4 Å². The summed E-state index contributed by atoms with van der Waals surface area (Å²) in [6.45, 7) is 1.70. The number of amides is 1. The summed E-state index contributed by atoms with van der Waals surface area (Å²) in [4.78, 5) is 11.7. The normalized spacial score (nSPS) is 13.7. The molecule has 3 N–H and O–H groups in total. The van der Waals surface area contributed by atoms with E-state index < -0.39 is 13.1 Å². The quantitative estimate of drug-likeness (QED) is 0.452. The predicted octanol–water partition coefficient (Wildman–Crippen LogP) is 0.431. The van der Waals surface area contributed by atoms with Gasteiger partial charge in [0.05, 0.1) is 5.94 Å². The maximum Gasteiger partial charge on any atom is 0.475 e. The minimum Gasteiger partial charge on any atom is -0.426 e. The van der Waals surface area contributed by atoms with Crippen molar-refractivity contribution in [2.24, 2.45) is 5.92 Å². The van der Waals surface area contributed by atoms with E-state index in [4.69, 9.17) is 0 Å². The molecule has 7 heteroatoms. The standard InChI is InChI=1S/C12H17BFNO3S/c1-8(7-19)12(16)15-11(13(17)18)6-9-2-4-10(14)5-3-9/h2-5,8,11,17-19H,6-7H2,1H3,(H,15,16)/t8-,11-/m1/s1. The largest absolute Gasteiger partial charge is 0.475 e. The fourth-order valence-electron chi connectivity index (χ4n) is 1.51. The average molecular weight is 285 g/mol. The van der Waals surface area contributed by atoms with Gasteiger partial charge in [0.2, 0.25) is 5.91 Å². The molecule has 1 aromatic carbocycles. The fraction of sp³-hybridized carbons (Fsp3) is 0.417. The van der Waals surface area contributed by atoms with Crippen molar-refractivity contribution in [2.45, 2.75) is 19.3 Å². The third kappa shape index (κ3) is 5.22. The number of hydrogen-bond donors (Lipinski definition) is 4. The van der Waals surface area contributed by atoms with Gasteiger partial charge in [0.15, 0.2) is 0 Å². The van der Waals surface area contributed by atoms with Gasteiger partial charge in [0.1, 0.15) is 5.82 Å². The van der Waals surface area contributed by atoms with Crippen molar-refractivity contribution in [3.05, 3.63) is 35.6 Å². The lowest BCUT2D eigenvalue weighted by atomic mass is 9.75. The molecule has 0 aliphatic carbocycles. The summed E-state index contributed by atoms with van der Waals surface area (Å²) < 4.78 is 12.8. The van der Waals surface area contributed by atoms with Crippen LogP contribution in [-0.2, 0) is 11.2 Å². The third-order valence-corrected chi connectivity index (χ3v) is 3.33. The molecule has 1 amide bonds. The van der Waals surface area contributed by atoms with Gasteiger partial charge >= 0.3 is 7.12 Å². The first-order valence-corrected chi connectivity index (χ1v) is 6.59. The minimum absolute atomic E-state index is 0.211. The maximum atomic E-state index is 12.8. The Labute approximate surface area is 117 Å². The Bertz CT molecular complexity index is 416. The molecule has 0 bridgehead atoms. The molecule has 0 heterocycles. The van der Waals surface area contributed by atoms with Crippen molar-refractivity contribution in [1.82, 2.24) is 5.32 Å². The van der Waals surface area contributed by atoms with Crippen LogP contribution in [0, 0.1) is 11.7 Å². The lowest BCUT2D eigenvalue weighted by molar-refractivity contribution is -0.124. The number of halogens is 1. The lowest BCUT2D eigenvalue weighted by Crippen LogP contribution is -2.49. The second-order valence-corrected chi connectivity index (χ2v) is 4.81. The van der Waals surface area contributed by atoms with Crippen molar-refractivity contribution in [3.63, 3.8) is 0 Å². The summed E-state index contributed by atoms with van der Waals surface area (Å²) >= 11 is 4.01. The Morgan fingerprint density at radius 1 is 1.42 bits per heavy atom. The highest BCUT2D eigenvalue weighted by molar-refractivity contribution is 7.80. The molecule has 0 aliphatic rings. The molecule has 2 atom stereocenters. The van der Waals surface area contributed by atoms with E-state index in [-0.39, 0.29) is 24.1 Å². The van der Waals surface area contributed by atoms with Crippen molar-refractivity contribution < 1.29 is 19.2 Å². The molecule has 0 radical (unpaired) electrons. The zero-order chi connectivity index (χ0) is 14.4. The van der Waals surface area contributed by atoms with E-state index in [9.17, 15) is 19.2 Å². The summed E-state index contributed by atoms with van der Waals surface area (Å²) in [5, 5.41) is 21.1. The van der Waals surface area contributed by atoms with E-state index in [0.717, 1.165) is 0 Å². The van der Waals surface area contributed by atoms with Crippen LogP contribution in [0.5, 0.6) is 0 Å². The molecule has 1 rings (SSSR count). The van der Waals surface area contributed by atoms with E-state index in [1.165, 1.54) is 12.1 Å². The summed E-state index contributed by atoms with van der Waals surface area (Å²) in [5.41, 5.74) is 0.707. The van der Waals surface area contributed by atoms with Gasteiger partial charge in [-0.2, -0.15) is 12.6 Å². The summed E-state index contributed by atoms with van der Waals surface area (Å²) in [6.07, 6.45) is 0.211. The fourth-order valence-corrected chi connectivity index (χ4v) is 1.68. The van der Waals surface area contributed by atoms with Crippen LogP contribution < -0.4 is 5.32 Å². The van der Waals surface area contributed by atoms with E-state index in [0.29, 0.717) is 11.3 Å². The number of thiol groups is 1. The lowest BCUT2D eigenvalue weighted by Gasteiger charge is -2.19. The molecule has 0 unspecified atom stereocenters. The van der Waals surface area contributed by atoms with E-state index >= 15 is 0 Å². The van der Waals surface area contributed by atoms with Crippen molar-refractivity contribution in [1.29, 1.82) is 0 Å². The molecule has 104 valence electrons. The van der Waals surface area contributed by atoms with Gasteiger partial charge in [-0.25, -0.2) is 4.39 Å². The molecule has 19 heavy (non-hydrogen) atoms. The number of carbonyl (C=O) groups is 1. The Kier molecular flexibility index (Phi) is 6.34. The van der Waals surface area contributed by atoms with Crippen molar-refractivity contribution in [3.8, 4) is 0 Å². The number of hydrogen-bond acceptors (Lipinski definition) is 4. The van der Waals surface area contributed by atoms with Gasteiger partial charge in [-0.1, -0.05) is 19.1 Å². The number of benzene rings is 1. The Morgan fingerprint density at radius 3 is 2.47 bits per heavy atom. The zero-order valence-corrected chi connectivity index (χ0v) is 11.5. The SMILES string of the molecule is C[C@H](CS)C(=O)N[C@H](Cc1ccc(F)cc1)B(O)O. The first-order valence-electron chi connectivity index (χ1n) is 5.96. The van der Waals surface area contributed by atoms with Gasteiger partial charge in [-0.15, -0.1) is 0 Å². The second kappa shape index (κ2) is 7.52. The molecule has 0 fully saturated rings. The molecule has 1 aromatic rings. The molecule has 0 aliphatic heterocycles. The summed E-state index contributed by atoms with van der Waals surface area (Å²) in [6, 6.07) is 5.65. The van der Waals surface area contributed by atoms with E-state index in [2.05, 4.69) is 17.9 Å². The van der Waals surface area contributed by atoms with Crippen LogP contribution in [0.2, 0.25) is 0 Å². The third-order valence-electron chi connectivity index (χ3n) is 2.78. The van der Waals surface area contributed by atoms with Gasteiger partial charge in [0, 0.05) is 11.7 Å². The van der Waals surface area contributed by atoms with Crippen LogP contribution >= 0.6 is 12.6 Å². The molecular weight excluding hydrogens is 268 g/mol.